The second-order valence-corrected chi connectivity index (χ2v) is 5.51. The fraction of sp³-hybridized carbons (Fsp3) is 0.273. The number of nitrogens with two attached hydrogens (primary N) is 1. The summed E-state index contributed by atoms with van der Waals surface area (Å²) in [5, 5.41) is 17.1. The van der Waals surface area contributed by atoms with Gasteiger partial charge in [-0.15, -0.1) is 0 Å². The first-order valence-corrected chi connectivity index (χ1v) is 6.67. The first-order valence-electron chi connectivity index (χ1n) is 5.06. The van der Waals surface area contributed by atoms with Gasteiger partial charge < -0.3 is 5.73 Å². The lowest BCUT2D eigenvalue weighted by molar-refractivity contribution is 0.478. The van der Waals surface area contributed by atoms with E-state index in [1.54, 1.807) is 36.4 Å². The molecule has 0 aliphatic rings. The first-order chi connectivity index (χ1) is 8.51. The molecular formula is C11H12N4O2S. The van der Waals surface area contributed by atoms with Crippen molar-refractivity contribution in [1.29, 1.82) is 10.5 Å². The lowest BCUT2D eigenvalue weighted by Crippen LogP contribution is -2.33. The Morgan fingerprint density at radius 2 is 1.72 bits per heavy atom. The Morgan fingerprint density at radius 3 is 2.22 bits per heavy atom. The van der Waals surface area contributed by atoms with Crippen molar-refractivity contribution < 1.29 is 8.42 Å². The predicted octanol–water partition coefficient (Wildman–Crippen LogP) is 0.448. The molecular weight excluding hydrogens is 252 g/mol. The number of nitriles is 2. The van der Waals surface area contributed by atoms with Crippen LogP contribution < -0.4 is 5.73 Å². The number of hydrogen-bond donors (Lipinski definition) is 1. The number of benzene rings is 1. The van der Waals surface area contributed by atoms with Gasteiger partial charge in [0.15, 0.2) is 0 Å². The van der Waals surface area contributed by atoms with Crippen LogP contribution in [0.5, 0.6) is 0 Å². The van der Waals surface area contributed by atoms with Crippen LogP contribution in [0.2, 0.25) is 0 Å². The number of nitrogens with zero attached hydrogens (tertiary/aromatic N) is 3. The third-order valence-corrected chi connectivity index (χ3v) is 4.00. The third-order valence-electron chi connectivity index (χ3n) is 2.28. The second-order valence-electron chi connectivity index (χ2n) is 3.54. The molecule has 0 aliphatic carbocycles. The minimum absolute atomic E-state index is 0.316. The molecule has 1 aromatic rings. The quantitative estimate of drug-likeness (QED) is 0.613. The number of para-hydroxylation sites is 1. The molecule has 0 amide bonds. The summed E-state index contributed by atoms with van der Waals surface area (Å²) in [4.78, 5) is 0. The Balaban J connectivity index is 2.98. The number of anilines is 1. The van der Waals surface area contributed by atoms with E-state index < -0.39 is 10.0 Å². The number of rotatable bonds is 5. The fourth-order valence-electron chi connectivity index (χ4n) is 1.36. The van der Waals surface area contributed by atoms with Gasteiger partial charge in [0.1, 0.15) is 13.1 Å². The molecule has 0 heterocycles. The summed E-state index contributed by atoms with van der Waals surface area (Å²) in [7, 11) is -3.71. The van der Waals surface area contributed by atoms with Crippen molar-refractivity contribution >= 4 is 15.7 Å². The van der Waals surface area contributed by atoms with Crippen LogP contribution in [0.15, 0.2) is 24.3 Å². The molecule has 0 atom stereocenters. The van der Waals surface area contributed by atoms with Crippen LogP contribution >= 0.6 is 0 Å². The zero-order valence-corrected chi connectivity index (χ0v) is 10.4. The van der Waals surface area contributed by atoms with Gasteiger partial charge in [-0.3, -0.25) is 0 Å². The maximum Gasteiger partial charge on any atom is 0.220 e. The number of nitrogen functional groups attached to an aromatic ring is 1. The first kappa shape index (κ1) is 14.0. The molecule has 0 aromatic heterocycles. The van der Waals surface area contributed by atoms with Gasteiger partial charge in [0, 0.05) is 5.69 Å². The SMILES string of the molecule is N#CCN(CC#N)S(=O)(=O)Cc1ccccc1N. The fourth-order valence-corrected chi connectivity index (χ4v) is 2.71. The van der Waals surface area contributed by atoms with Crippen LogP contribution in [-0.2, 0) is 15.8 Å². The highest BCUT2D eigenvalue weighted by atomic mass is 32.2. The van der Waals surface area contributed by atoms with Gasteiger partial charge in [0.25, 0.3) is 0 Å². The monoisotopic (exact) mass is 264 g/mol. The van der Waals surface area contributed by atoms with E-state index in [0.29, 0.717) is 11.3 Å². The van der Waals surface area contributed by atoms with Crippen LogP contribution in [0.4, 0.5) is 5.69 Å². The van der Waals surface area contributed by atoms with E-state index in [4.69, 9.17) is 16.3 Å². The molecule has 0 saturated heterocycles. The molecule has 1 aromatic carbocycles. The molecule has 2 N–H and O–H groups in total. The van der Waals surface area contributed by atoms with E-state index in [9.17, 15) is 8.42 Å². The molecule has 1 rings (SSSR count). The van der Waals surface area contributed by atoms with E-state index in [1.165, 1.54) is 0 Å². The molecule has 0 saturated carbocycles. The van der Waals surface area contributed by atoms with Gasteiger partial charge in [-0.1, -0.05) is 18.2 Å². The molecule has 0 spiro atoms. The summed E-state index contributed by atoms with van der Waals surface area (Å²) in [5.74, 6) is -0.316. The largest absolute Gasteiger partial charge is 0.398 e. The topological polar surface area (TPSA) is 111 Å². The van der Waals surface area contributed by atoms with Gasteiger partial charge in [-0.25, -0.2) is 8.42 Å². The molecule has 6 nitrogen and oxygen atoms in total. The minimum atomic E-state index is -3.71. The van der Waals surface area contributed by atoms with Gasteiger partial charge in [0.2, 0.25) is 10.0 Å². The molecule has 0 radical (unpaired) electrons. The molecule has 18 heavy (non-hydrogen) atoms. The minimum Gasteiger partial charge on any atom is -0.398 e. The van der Waals surface area contributed by atoms with Crippen molar-refractivity contribution in [2.45, 2.75) is 5.75 Å². The smallest absolute Gasteiger partial charge is 0.220 e. The lowest BCUT2D eigenvalue weighted by Gasteiger charge is -2.16. The molecule has 0 unspecified atom stereocenters. The number of hydrogen-bond acceptors (Lipinski definition) is 5. The van der Waals surface area contributed by atoms with E-state index in [-0.39, 0.29) is 18.8 Å². The maximum absolute atomic E-state index is 12.0. The molecule has 0 aliphatic heterocycles. The Bertz CT molecular complexity index is 582. The molecule has 7 heteroatoms. The molecule has 0 fully saturated rings. The van der Waals surface area contributed by atoms with Crippen LogP contribution in [0.3, 0.4) is 0 Å². The summed E-state index contributed by atoms with van der Waals surface area (Å²) in [5.41, 5.74) is 6.49. The normalized spacial score (nSPS) is 10.8. The van der Waals surface area contributed by atoms with Crippen LogP contribution in [0, 0.1) is 22.7 Å². The highest BCUT2D eigenvalue weighted by Gasteiger charge is 2.22. The van der Waals surface area contributed by atoms with E-state index >= 15 is 0 Å². The van der Waals surface area contributed by atoms with Crippen LogP contribution in [0.25, 0.3) is 0 Å². The Labute approximate surface area is 106 Å². The van der Waals surface area contributed by atoms with E-state index in [1.807, 2.05) is 0 Å². The van der Waals surface area contributed by atoms with E-state index in [2.05, 4.69) is 0 Å². The van der Waals surface area contributed by atoms with Crippen molar-refractivity contribution in [1.82, 2.24) is 4.31 Å². The van der Waals surface area contributed by atoms with Crippen molar-refractivity contribution in [2.75, 3.05) is 18.8 Å². The standard InChI is InChI=1S/C11H12N4O2S/c12-5-7-15(8-6-13)18(16,17)9-10-3-1-2-4-11(10)14/h1-4H,7-9,14H2. The van der Waals surface area contributed by atoms with Crippen molar-refractivity contribution in [2.24, 2.45) is 0 Å². The summed E-state index contributed by atoms with van der Waals surface area (Å²) < 4.78 is 24.8. The number of sulfonamides is 1. The predicted molar refractivity (Wildman–Crippen MR) is 66.3 cm³/mol. The van der Waals surface area contributed by atoms with Gasteiger partial charge in [-0.05, 0) is 11.6 Å². The van der Waals surface area contributed by atoms with Crippen LogP contribution in [-0.4, -0.2) is 25.8 Å². The highest BCUT2D eigenvalue weighted by molar-refractivity contribution is 7.88. The third kappa shape index (κ3) is 3.45. The van der Waals surface area contributed by atoms with Crippen LogP contribution in [0.1, 0.15) is 5.56 Å². The molecule has 94 valence electrons. The zero-order valence-electron chi connectivity index (χ0n) is 9.57. The Hall–Kier alpha value is -2.09. The average Bonchev–Trinajstić information content (AvgIpc) is 2.32. The lowest BCUT2D eigenvalue weighted by atomic mass is 10.2. The summed E-state index contributed by atoms with van der Waals surface area (Å²) >= 11 is 0. The summed E-state index contributed by atoms with van der Waals surface area (Å²) in [6.45, 7) is -0.689. The average molecular weight is 264 g/mol. The summed E-state index contributed by atoms with van der Waals surface area (Å²) in [6.07, 6.45) is 0. The van der Waals surface area contributed by atoms with Gasteiger partial charge in [0.05, 0.1) is 17.9 Å². The maximum atomic E-state index is 12.0. The highest BCUT2D eigenvalue weighted by Crippen LogP contribution is 2.16. The van der Waals surface area contributed by atoms with Gasteiger partial charge in [-0.2, -0.15) is 14.8 Å². The molecule has 0 bridgehead atoms. The zero-order chi connectivity index (χ0) is 13.6. The second kappa shape index (κ2) is 6.01. The van der Waals surface area contributed by atoms with E-state index in [0.717, 1.165) is 4.31 Å². The van der Waals surface area contributed by atoms with Gasteiger partial charge >= 0.3 is 0 Å². The van der Waals surface area contributed by atoms with Crippen molar-refractivity contribution in [3.05, 3.63) is 29.8 Å². The van der Waals surface area contributed by atoms with Crippen molar-refractivity contribution in [3.8, 4) is 12.1 Å². The van der Waals surface area contributed by atoms with Crippen molar-refractivity contribution in [3.63, 3.8) is 0 Å². The Morgan fingerprint density at radius 1 is 1.17 bits per heavy atom. The summed E-state index contributed by atoms with van der Waals surface area (Å²) in [6, 6.07) is 10.0. The Kier molecular flexibility index (Phi) is 4.67.